The molecule has 0 atom stereocenters. The van der Waals surface area contributed by atoms with Gasteiger partial charge in [0.1, 0.15) is 17.2 Å². The first-order valence-electron chi connectivity index (χ1n) is 10.2. The number of azo groups is 1. The summed E-state index contributed by atoms with van der Waals surface area (Å²) in [5.41, 5.74) is 1.39. The summed E-state index contributed by atoms with van der Waals surface area (Å²) in [6.07, 6.45) is 6.78. The molecule has 0 spiro atoms. The third-order valence-electron chi connectivity index (χ3n) is 4.20. The van der Waals surface area contributed by atoms with E-state index in [9.17, 15) is 4.79 Å². The number of hydrogen-bond donors (Lipinski definition) is 0. The quantitative estimate of drug-likeness (QED) is 0.169. The topological polar surface area (TPSA) is 60.3 Å². The predicted molar refractivity (Wildman–Crippen MR) is 112 cm³/mol. The van der Waals surface area contributed by atoms with Crippen LogP contribution in [0, 0.1) is 0 Å². The van der Waals surface area contributed by atoms with E-state index < -0.39 is 0 Å². The summed E-state index contributed by atoms with van der Waals surface area (Å²) >= 11 is 0. The molecule has 0 N–H and O–H groups in total. The van der Waals surface area contributed by atoms with E-state index in [0.717, 1.165) is 44.3 Å². The number of unbranched alkanes of at least 4 members (excludes halogenated alkanes) is 4. The molecule has 0 aliphatic carbocycles. The fraction of sp³-hybridized carbons (Fsp3) is 0.435. The minimum atomic E-state index is -0.197. The fourth-order valence-corrected chi connectivity index (χ4v) is 2.59. The molecule has 0 fully saturated rings. The first kappa shape index (κ1) is 21.6. The van der Waals surface area contributed by atoms with Crippen molar-refractivity contribution < 1.29 is 14.3 Å². The van der Waals surface area contributed by atoms with Crippen LogP contribution in [0.15, 0.2) is 58.8 Å². The Bertz CT molecular complexity index is 742. The summed E-state index contributed by atoms with van der Waals surface area (Å²) in [5, 5.41) is 8.58. The Morgan fingerprint density at radius 1 is 0.857 bits per heavy atom. The molecule has 5 heteroatoms. The SMILES string of the molecule is CCCCCOc1ccccc1N=Nc1ccc(OC(=O)CCCCC)cc1. The van der Waals surface area contributed by atoms with Gasteiger partial charge >= 0.3 is 5.97 Å². The Kier molecular flexibility index (Phi) is 9.76. The molecule has 28 heavy (non-hydrogen) atoms. The Labute approximate surface area is 167 Å². The van der Waals surface area contributed by atoms with E-state index >= 15 is 0 Å². The number of rotatable bonds is 12. The van der Waals surface area contributed by atoms with Crippen molar-refractivity contribution in [1.82, 2.24) is 0 Å². The zero-order valence-corrected chi connectivity index (χ0v) is 16.9. The first-order chi connectivity index (χ1) is 13.7. The van der Waals surface area contributed by atoms with Gasteiger partial charge in [-0.2, -0.15) is 5.11 Å². The summed E-state index contributed by atoms with van der Waals surface area (Å²) in [4.78, 5) is 11.8. The van der Waals surface area contributed by atoms with Crippen LogP contribution in [0.2, 0.25) is 0 Å². The summed E-state index contributed by atoms with van der Waals surface area (Å²) in [6, 6.07) is 14.7. The molecule has 0 amide bonds. The smallest absolute Gasteiger partial charge is 0.311 e. The second-order valence-electron chi connectivity index (χ2n) is 6.65. The fourth-order valence-electron chi connectivity index (χ4n) is 2.59. The van der Waals surface area contributed by atoms with Gasteiger partial charge in [0.25, 0.3) is 0 Å². The minimum Gasteiger partial charge on any atom is -0.491 e. The van der Waals surface area contributed by atoms with Gasteiger partial charge in [-0.15, -0.1) is 5.11 Å². The zero-order chi connectivity index (χ0) is 20.0. The maximum atomic E-state index is 11.8. The van der Waals surface area contributed by atoms with Crippen LogP contribution in [0.25, 0.3) is 0 Å². The van der Waals surface area contributed by atoms with Crippen molar-refractivity contribution in [2.75, 3.05) is 6.61 Å². The predicted octanol–water partition coefficient (Wildman–Crippen LogP) is 7.16. The maximum Gasteiger partial charge on any atom is 0.311 e. The van der Waals surface area contributed by atoms with E-state index in [0.29, 0.717) is 30.2 Å². The van der Waals surface area contributed by atoms with E-state index in [-0.39, 0.29) is 5.97 Å². The number of ether oxygens (including phenoxy) is 2. The standard InChI is InChI=1S/C23H30N2O3/c1-3-5-7-13-23(26)28-20-16-14-19(15-17-20)24-25-21-11-8-9-12-22(21)27-18-10-6-4-2/h8-9,11-12,14-17H,3-7,10,13,18H2,1-2H3. The molecule has 5 nitrogen and oxygen atoms in total. The Balaban J connectivity index is 1.91. The molecule has 0 heterocycles. The highest BCUT2D eigenvalue weighted by Crippen LogP contribution is 2.29. The number of hydrogen-bond acceptors (Lipinski definition) is 5. The monoisotopic (exact) mass is 382 g/mol. The van der Waals surface area contributed by atoms with Gasteiger partial charge in [0.15, 0.2) is 0 Å². The highest BCUT2D eigenvalue weighted by atomic mass is 16.5. The van der Waals surface area contributed by atoms with Crippen molar-refractivity contribution in [3.8, 4) is 11.5 Å². The number of carbonyl (C=O) groups is 1. The molecule has 0 saturated heterocycles. The molecule has 150 valence electrons. The number of carbonyl (C=O) groups excluding carboxylic acids is 1. The Morgan fingerprint density at radius 3 is 2.32 bits per heavy atom. The third-order valence-corrected chi connectivity index (χ3v) is 4.20. The summed E-state index contributed by atoms with van der Waals surface area (Å²) in [7, 11) is 0. The van der Waals surface area contributed by atoms with Crippen LogP contribution in [0.5, 0.6) is 11.5 Å². The van der Waals surface area contributed by atoms with Crippen LogP contribution in [0.4, 0.5) is 11.4 Å². The van der Waals surface area contributed by atoms with Crippen molar-refractivity contribution in [3.63, 3.8) is 0 Å². The van der Waals surface area contributed by atoms with Crippen molar-refractivity contribution in [3.05, 3.63) is 48.5 Å². The number of nitrogens with zero attached hydrogens (tertiary/aromatic N) is 2. The van der Waals surface area contributed by atoms with Gasteiger partial charge in [0, 0.05) is 6.42 Å². The van der Waals surface area contributed by atoms with Gasteiger partial charge in [-0.25, -0.2) is 0 Å². The molecule has 0 aromatic heterocycles. The molecule has 0 unspecified atom stereocenters. The Hall–Kier alpha value is -2.69. The summed E-state index contributed by atoms with van der Waals surface area (Å²) < 4.78 is 11.2. The van der Waals surface area contributed by atoms with Crippen molar-refractivity contribution in [1.29, 1.82) is 0 Å². The molecule has 0 bridgehead atoms. The van der Waals surface area contributed by atoms with Crippen LogP contribution >= 0.6 is 0 Å². The van der Waals surface area contributed by atoms with Gasteiger partial charge in [-0.1, -0.05) is 51.7 Å². The molecule has 0 radical (unpaired) electrons. The summed E-state index contributed by atoms with van der Waals surface area (Å²) in [5.74, 6) is 1.07. The van der Waals surface area contributed by atoms with Gasteiger partial charge in [-0.3, -0.25) is 4.79 Å². The molecule has 0 aliphatic rings. The second kappa shape index (κ2) is 12.7. The third kappa shape index (κ3) is 7.91. The second-order valence-corrected chi connectivity index (χ2v) is 6.65. The highest BCUT2D eigenvalue weighted by Gasteiger charge is 2.05. The first-order valence-corrected chi connectivity index (χ1v) is 10.2. The lowest BCUT2D eigenvalue weighted by atomic mass is 10.2. The molecule has 0 saturated carbocycles. The average molecular weight is 383 g/mol. The largest absolute Gasteiger partial charge is 0.491 e. The molecule has 2 rings (SSSR count). The van der Waals surface area contributed by atoms with E-state index in [1.165, 1.54) is 0 Å². The van der Waals surface area contributed by atoms with Crippen molar-refractivity contribution >= 4 is 17.3 Å². The van der Waals surface area contributed by atoms with Crippen molar-refractivity contribution in [2.24, 2.45) is 10.2 Å². The lowest BCUT2D eigenvalue weighted by Crippen LogP contribution is -2.07. The number of esters is 1. The summed E-state index contributed by atoms with van der Waals surface area (Å²) in [6.45, 7) is 4.95. The van der Waals surface area contributed by atoms with Crippen LogP contribution in [0.3, 0.4) is 0 Å². The van der Waals surface area contributed by atoms with Crippen LogP contribution in [-0.4, -0.2) is 12.6 Å². The molecular formula is C23H30N2O3. The lowest BCUT2D eigenvalue weighted by molar-refractivity contribution is -0.134. The van der Waals surface area contributed by atoms with E-state index in [2.05, 4.69) is 24.1 Å². The average Bonchev–Trinajstić information content (AvgIpc) is 2.71. The zero-order valence-electron chi connectivity index (χ0n) is 16.9. The van der Waals surface area contributed by atoms with Gasteiger partial charge < -0.3 is 9.47 Å². The van der Waals surface area contributed by atoms with Gasteiger partial charge in [-0.05, 0) is 49.2 Å². The normalized spacial score (nSPS) is 10.9. The molecule has 0 aliphatic heterocycles. The minimum absolute atomic E-state index is 0.197. The highest BCUT2D eigenvalue weighted by molar-refractivity contribution is 5.72. The van der Waals surface area contributed by atoms with Crippen LogP contribution in [0.1, 0.15) is 58.8 Å². The molecule has 2 aromatic carbocycles. The van der Waals surface area contributed by atoms with Gasteiger partial charge in [0.2, 0.25) is 0 Å². The van der Waals surface area contributed by atoms with Crippen LogP contribution in [-0.2, 0) is 4.79 Å². The lowest BCUT2D eigenvalue weighted by Gasteiger charge is -2.07. The van der Waals surface area contributed by atoms with Gasteiger partial charge in [0.05, 0.1) is 12.3 Å². The van der Waals surface area contributed by atoms with E-state index in [4.69, 9.17) is 9.47 Å². The molecular weight excluding hydrogens is 352 g/mol. The van der Waals surface area contributed by atoms with E-state index in [1.807, 2.05) is 24.3 Å². The maximum absolute atomic E-state index is 11.8. The van der Waals surface area contributed by atoms with Crippen LogP contribution < -0.4 is 9.47 Å². The molecule has 2 aromatic rings. The van der Waals surface area contributed by atoms with E-state index in [1.54, 1.807) is 24.3 Å². The number of benzene rings is 2. The number of para-hydroxylation sites is 1. The Morgan fingerprint density at radius 2 is 1.57 bits per heavy atom. The van der Waals surface area contributed by atoms with Crippen molar-refractivity contribution in [2.45, 2.75) is 58.8 Å².